The number of allylic oxidation sites excluding steroid dienone is 3. The zero-order chi connectivity index (χ0) is 16.0. The lowest BCUT2D eigenvalue weighted by molar-refractivity contribution is 0.121. The molecular weight excluding hydrogens is 308 g/mol. The molecule has 0 aromatic rings. The van der Waals surface area contributed by atoms with Gasteiger partial charge in [0, 0.05) is 10.6 Å². The molecule has 1 amide bonds. The first kappa shape index (κ1) is 17.9. The van der Waals surface area contributed by atoms with Crippen molar-refractivity contribution in [1.82, 2.24) is 5.32 Å². The third-order valence-corrected chi connectivity index (χ3v) is 4.20. The van der Waals surface area contributed by atoms with Gasteiger partial charge in [-0.3, -0.25) is 0 Å². The molecule has 0 radical (unpaired) electrons. The van der Waals surface area contributed by atoms with Gasteiger partial charge in [-0.15, -0.1) is 11.6 Å². The molecule has 3 unspecified atom stereocenters. The SMILES string of the molecule is CCC(=S)C(NC(=O)OC(C)C1=CC=CCC1Cl)C(C)=N. The van der Waals surface area contributed by atoms with Crippen LogP contribution in [0.5, 0.6) is 0 Å². The second-order valence-corrected chi connectivity index (χ2v) is 5.98. The molecular formula is C15H21ClN2O2S. The molecule has 1 rings (SSSR count). The number of carbonyl (C=O) groups is 1. The van der Waals surface area contributed by atoms with Gasteiger partial charge in [0.15, 0.2) is 0 Å². The number of alkyl halides is 1. The molecule has 1 aliphatic rings. The van der Waals surface area contributed by atoms with Crippen molar-refractivity contribution >= 4 is 40.5 Å². The van der Waals surface area contributed by atoms with Crippen molar-refractivity contribution in [3.8, 4) is 0 Å². The van der Waals surface area contributed by atoms with Gasteiger partial charge >= 0.3 is 6.09 Å². The van der Waals surface area contributed by atoms with E-state index in [4.69, 9.17) is 34.0 Å². The van der Waals surface area contributed by atoms with Crippen molar-refractivity contribution in [2.45, 2.75) is 51.1 Å². The number of hydrogen-bond acceptors (Lipinski definition) is 4. The molecule has 0 aromatic heterocycles. The summed E-state index contributed by atoms with van der Waals surface area (Å²) >= 11 is 11.4. The van der Waals surface area contributed by atoms with Crippen LogP contribution in [0.25, 0.3) is 0 Å². The van der Waals surface area contributed by atoms with E-state index >= 15 is 0 Å². The fourth-order valence-corrected chi connectivity index (χ4v) is 2.61. The van der Waals surface area contributed by atoms with E-state index in [1.807, 2.05) is 25.2 Å². The Hall–Kier alpha value is -1.20. The largest absolute Gasteiger partial charge is 0.442 e. The van der Waals surface area contributed by atoms with Crippen LogP contribution in [0.3, 0.4) is 0 Å². The highest BCUT2D eigenvalue weighted by atomic mass is 35.5. The van der Waals surface area contributed by atoms with Crippen molar-refractivity contribution in [1.29, 1.82) is 5.41 Å². The van der Waals surface area contributed by atoms with E-state index in [1.165, 1.54) is 0 Å². The average Bonchev–Trinajstić information content (AvgIpc) is 2.44. The number of hydrogen-bond donors (Lipinski definition) is 2. The molecule has 0 aromatic carbocycles. The number of amides is 1. The molecule has 0 saturated heterocycles. The summed E-state index contributed by atoms with van der Waals surface area (Å²) in [7, 11) is 0. The smallest absolute Gasteiger partial charge is 0.408 e. The van der Waals surface area contributed by atoms with Crippen LogP contribution in [0, 0.1) is 5.41 Å². The molecule has 0 bridgehead atoms. The highest BCUT2D eigenvalue weighted by Gasteiger charge is 2.24. The third-order valence-electron chi connectivity index (χ3n) is 3.25. The topological polar surface area (TPSA) is 62.2 Å². The number of nitrogens with one attached hydrogen (secondary N) is 2. The van der Waals surface area contributed by atoms with E-state index in [0.717, 1.165) is 12.0 Å². The van der Waals surface area contributed by atoms with Gasteiger partial charge in [-0.25, -0.2) is 4.79 Å². The minimum absolute atomic E-state index is 0.158. The quantitative estimate of drug-likeness (QED) is 0.443. The molecule has 0 fully saturated rings. The summed E-state index contributed by atoms with van der Waals surface area (Å²) in [6, 6.07) is -0.559. The van der Waals surface area contributed by atoms with Crippen LogP contribution >= 0.6 is 23.8 Å². The predicted octanol–water partition coefficient (Wildman–Crippen LogP) is 3.78. The molecule has 0 heterocycles. The molecule has 6 heteroatoms. The van der Waals surface area contributed by atoms with Crippen LogP contribution in [-0.2, 0) is 4.74 Å². The highest BCUT2D eigenvalue weighted by Crippen LogP contribution is 2.23. The third kappa shape index (κ3) is 5.25. The number of alkyl carbamates (subject to hydrolysis) is 1. The van der Waals surface area contributed by atoms with Crippen molar-refractivity contribution in [3.63, 3.8) is 0 Å². The van der Waals surface area contributed by atoms with E-state index in [1.54, 1.807) is 13.8 Å². The number of thiocarbonyl (C=S) groups is 1. The summed E-state index contributed by atoms with van der Waals surface area (Å²) in [6.07, 6.45) is 6.09. The van der Waals surface area contributed by atoms with Crippen molar-refractivity contribution in [2.24, 2.45) is 0 Å². The fraction of sp³-hybridized carbons (Fsp3) is 0.533. The molecule has 0 saturated carbocycles. The van der Waals surface area contributed by atoms with Crippen LogP contribution in [0.15, 0.2) is 23.8 Å². The first-order chi connectivity index (χ1) is 9.86. The number of carbonyl (C=O) groups excluding carboxylic acids is 1. The summed E-state index contributed by atoms with van der Waals surface area (Å²) in [5.41, 5.74) is 1.16. The minimum Gasteiger partial charge on any atom is -0.442 e. The zero-order valence-electron chi connectivity index (χ0n) is 12.5. The lowest BCUT2D eigenvalue weighted by Gasteiger charge is -2.24. The second-order valence-electron chi connectivity index (χ2n) is 4.93. The molecule has 3 atom stereocenters. The van der Waals surface area contributed by atoms with Gasteiger partial charge in [0.25, 0.3) is 0 Å². The maximum atomic E-state index is 12.0. The summed E-state index contributed by atoms with van der Waals surface area (Å²) in [4.78, 5) is 12.6. The molecule has 1 aliphatic carbocycles. The second kappa shape index (κ2) is 8.29. The lowest BCUT2D eigenvalue weighted by Crippen LogP contribution is -2.45. The Morgan fingerprint density at radius 3 is 2.86 bits per heavy atom. The van der Waals surface area contributed by atoms with Crippen molar-refractivity contribution in [2.75, 3.05) is 0 Å². The Morgan fingerprint density at radius 2 is 2.33 bits per heavy atom. The van der Waals surface area contributed by atoms with E-state index < -0.39 is 18.2 Å². The first-order valence-electron chi connectivity index (χ1n) is 6.92. The van der Waals surface area contributed by atoms with E-state index in [-0.39, 0.29) is 5.38 Å². The van der Waals surface area contributed by atoms with Gasteiger partial charge in [-0.05, 0) is 32.3 Å². The monoisotopic (exact) mass is 328 g/mol. The summed E-state index contributed by atoms with van der Waals surface area (Å²) in [6.45, 7) is 5.29. The van der Waals surface area contributed by atoms with E-state index in [9.17, 15) is 4.79 Å². The Bertz CT molecular complexity index is 488. The first-order valence-corrected chi connectivity index (χ1v) is 7.76. The average molecular weight is 329 g/mol. The lowest BCUT2D eigenvalue weighted by atomic mass is 10.0. The van der Waals surface area contributed by atoms with Gasteiger partial charge in [0.1, 0.15) is 12.1 Å². The molecule has 2 N–H and O–H groups in total. The number of halogens is 1. The minimum atomic E-state index is -0.589. The van der Waals surface area contributed by atoms with Gasteiger partial charge in [0.2, 0.25) is 0 Å². The normalized spacial score (nSPS) is 20.2. The van der Waals surface area contributed by atoms with Gasteiger partial charge in [-0.2, -0.15) is 0 Å². The van der Waals surface area contributed by atoms with E-state index in [0.29, 0.717) is 17.0 Å². The van der Waals surface area contributed by atoms with Crippen molar-refractivity contribution < 1.29 is 9.53 Å². The molecule has 0 aliphatic heterocycles. The predicted molar refractivity (Wildman–Crippen MR) is 90.6 cm³/mol. The Labute approximate surface area is 136 Å². The number of ether oxygens (including phenoxy) is 1. The van der Waals surface area contributed by atoms with Crippen LogP contribution in [-0.4, -0.2) is 34.2 Å². The molecule has 21 heavy (non-hydrogen) atoms. The Balaban J connectivity index is 2.64. The standard InChI is InChI=1S/C15H21ClN2O2S/c1-4-13(21)14(9(2)17)18-15(19)20-10(3)11-7-5-6-8-12(11)16/h5-7,10,12,14,17H,4,8H2,1-3H3,(H,18,19). The van der Waals surface area contributed by atoms with Gasteiger partial charge in [0.05, 0.1) is 5.38 Å². The Kier molecular flexibility index (Phi) is 7.05. The fourth-order valence-electron chi connectivity index (χ4n) is 2.02. The highest BCUT2D eigenvalue weighted by molar-refractivity contribution is 7.80. The van der Waals surface area contributed by atoms with Crippen LogP contribution < -0.4 is 5.32 Å². The molecule has 116 valence electrons. The zero-order valence-corrected chi connectivity index (χ0v) is 14.1. The molecule has 4 nitrogen and oxygen atoms in total. The van der Waals surface area contributed by atoms with E-state index in [2.05, 4.69) is 5.32 Å². The maximum absolute atomic E-state index is 12.0. The summed E-state index contributed by atoms with van der Waals surface area (Å²) in [5, 5.41) is 10.2. The van der Waals surface area contributed by atoms with Crippen molar-refractivity contribution in [3.05, 3.63) is 23.8 Å². The summed E-state index contributed by atoms with van der Waals surface area (Å²) < 4.78 is 5.34. The van der Waals surface area contributed by atoms with Crippen LogP contribution in [0.1, 0.15) is 33.6 Å². The van der Waals surface area contributed by atoms with Crippen LogP contribution in [0.2, 0.25) is 0 Å². The Morgan fingerprint density at radius 1 is 1.67 bits per heavy atom. The van der Waals surface area contributed by atoms with Crippen LogP contribution in [0.4, 0.5) is 4.79 Å². The maximum Gasteiger partial charge on any atom is 0.408 e. The number of rotatable bonds is 6. The summed E-state index contributed by atoms with van der Waals surface area (Å²) in [5.74, 6) is 0. The van der Waals surface area contributed by atoms with Gasteiger partial charge < -0.3 is 15.5 Å². The van der Waals surface area contributed by atoms with Gasteiger partial charge in [-0.1, -0.05) is 37.4 Å². The molecule has 0 spiro atoms.